The van der Waals surface area contributed by atoms with Crippen molar-refractivity contribution in [2.24, 2.45) is 0 Å². The monoisotopic (exact) mass is 324 g/mol. The zero-order chi connectivity index (χ0) is 17.0. The molecule has 0 bridgehead atoms. The third-order valence-corrected chi connectivity index (χ3v) is 2.85. The predicted molar refractivity (Wildman–Crippen MR) is 77.4 cm³/mol. The van der Waals surface area contributed by atoms with Gasteiger partial charge in [-0.15, -0.1) is 13.2 Å². The summed E-state index contributed by atoms with van der Waals surface area (Å²) in [6.45, 7) is 0. The van der Waals surface area contributed by atoms with E-state index in [-0.39, 0.29) is 21.8 Å². The zero-order valence-electron chi connectivity index (χ0n) is 11.5. The molecule has 2 amide bonds. The van der Waals surface area contributed by atoms with Gasteiger partial charge in [-0.3, -0.25) is 0 Å². The second kappa shape index (κ2) is 6.39. The quantitative estimate of drug-likeness (QED) is 0.840. The van der Waals surface area contributed by atoms with E-state index in [1.165, 1.54) is 42.5 Å². The standard InChI is InChI=1S/C15H11F3N2O3/c16-15(17,18)20(12-4-2-1-3-5-12)14(23)19-11-8-6-10(7-9-11)13(21)22/h1-9H,(H,19,23)(H,21,22). The maximum atomic E-state index is 13.1. The number of carboxylic acid groups (broad SMARTS) is 1. The first-order valence-electron chi connectivity index (χ1n) is 6.35. The largest absolute Gasteiger partial charge is 0.493 e. The van der Waals surface area contributed by atoms with Crippen molar-refractivity contribution in [3.05, 3.63) is 60.2 Å². The fourth-order valence-corrected chi connectivity index (χ4v) is 1.83. The van der Waals surface area contributed by atoms with Gasteiger partial charge < -0.3 is 10.4 Å². The van der Waals surface area contributed by atoms with E-state index in [0.717, 1.165) is 12.1 Å². The highest BCUT2D eigenvalue weighted by atomic mass is 19.4. The maximum absolute atomic E-state index is 13.1. The van der Waals surface area contributed by atoms with E-state index in [2.05, 4.69) is 5.32 Å². The van der Waals surface area contributed by atoms with Gasteiger partial charge >= 0.3 is 18.3 Å². The van der Waals surface area contributed by atoms with Crippen LogP contribution in [0.4, 0.5) is 29.3 Å². The first-order chi connectivity index (χ1) is 10.8. The minimum absolute atomic E-state index is 0.0428. The number of para-hydroxylation sites is 1. The van der Waals surface area contributed by atoms with Crippen molar-refractivity contribution in [3.8, 4) is 0 Å². The van der Waals surface area contributed by atoms with Crippen molar-refractivity contribution in [1.82, 2.24) is 0 Å². The van der Waals surface area contributed by atoms with Crippen LogP contribution in [0.1, 0.15) is 10.4 Å². The summed E-state index contributed by atoms with van der Waals surface area (Å²) in [5, 5.41) is 10.8. The first kappa shape index (κ1) is 16.3. The van der Waals surface area contributed by atoms with Crippen LogP contribution in [0, 0.1) is 0 Å². The van der Waals surface area contributed by atoms with Gasteiger partial charge in [-0.25, -0.2) is 14.5 Å². The highest BCUT2D eigenvalue weighted by Gasteiger charge is 2.42. The van der Waals surface area contributed by atoms with Crippen LogP contribution in [-0.2, 0) is 0 Å². The van der Waals surface area contributed by atoms with Crippen LogP contribution in [0.15, 0.2) is 54.6 Å². The summed E-state index contributed by atoms with van der Waals surface area (Å²) in [5.41, 5.74) is -0.330. The van der Waals surface area contributed by atoms with Crippen LogP contribution in [0.5, 0.6) is 0 Å². The van der Waals surface area contributed by atoms with E-state index in [1.807, 2.05) is 0 Å². The molecule has 2 rings (SSSR count). The molecule has 0 aliphatic carbocycles. The average molecular weight is 324 g/mol. The lowest BCUT2D eigenvalue weighted by molar-refractivity contribution is -0.120. The molecule has 2 N–H and O–H groups in total. The first-order valence-corrected chi connectivity index (χ1v) is 6.35. The summed E-state index contributed by atoms with van der Waals surface area (Å²) in [5.74, 6) is -1.18. The molecule has 0 fully saturated rings. The number of hydrogen-bond acceptors (Lipinski definition) is 2. The molecule has 120 valence electrons. The van der Waals surface area contributed by atoms with E-state index >= 15 is 0 Å². The Hall–Kier alpha value is -3.03. The number of hydrogen-bond donors (Lipinski definition) is 2. The van der Waals surface area contributed by atoms with Gasteiger partial charge in [0.25, 0.3) is 0 Å². The number of carboxylic acids is 1. The second-order valence-electron chi connectivity index (χ2n) is 4.45. The number of aromatic carboxylic acids is 1. The number of anilines is 2. The molecule has 5 nitrogen and oxygen atoms in total. The van der Waals surface area contributed by atoms with Crippen molar-refractivity contribution in [2.45, 2.75) is 6.30 Å². The van der Waals surface area contributed by atoms with E-state index in [0.29, 0.717) is 0 Å². The molecular weight excluding hydrogens is 313 g/mol. The molecule has 0 saturated heterocycles. The molecule has 2 aromatic rings. The molecule has 0 radical (unpaired) electrons. The van der Waals surface area contributed by atoms with Gasteiger partial charge in [0.1, 0.15) is 0 Å². The fourth-order valence-electron chi connectivity index (χ4n) is 1.83. The third kappa shape index (κ3) is 4.00. The van der Waals surface area contributed by atoms with Gasteiger partial charge in [0.15, 0.2) is 0 Å². The summed E-state index contributed by atoms with van der Waals surface area (Å²) in [4.78, 5) is 22.3. The van der Waals surface area contributed by atoms with Gasteiger partial charge in [0, 0.05) is 5.69 Å². The molecule has 0 aliphatic rings. The maximum Gasteiger partial charge on any atom is 0.493 e. The molecule has 0 atom stereocenters. The van der Waals surface area contributed by atoms with Crippen LogP contribution in [0.25, 0.3) is 0 Å². The Labute approximate surface area is 129 Å². The van der Waals surface area contributed by atoms with E-state index in [4.69, 9.17) is 5.11 Å². The van der Waals surface area contributed by atoms with Crippen molar-refractivity contribution in [3.63, 3.8) is 0 Å². The lowest BCUT2D eigenvalue weighted by Gasteiger charge is -2.25. The van der Waals surface area contributed by atoms with Gasteiger partial charge in [-0.2, -0.15) is 0 Å². The molecule has 2 aromatic carbocycles. The molecule has 0 unspecified atom stereocenters. The van der Waals surface area contributed by atoms with Crippen molar-refractivity contribution < 1.29 is 27.9 Å². The number of nitrogens with one attached hydrogen (secondary N) is 1. The van der Waals surface area contributed by atoms with Gasteiger partial charge in [-0.05, 0) is 36.4 Å². The molecule has 8 heteroatoms. The molecule has 0 aliphatic heterocycles. The number of nitrogens with zero attached hydrogens (tertiary/aromatic N) is 1. The number of carbonyl (C=O) groups is 2. The lowest BCUT2D eigenvalue weighted by Crippen LogP contribution is -2.45. The van der Waals surface area contributed by atoms with Crippen LogP contribution in [0.3, 0.4) is 0 Å². The minimum atomic E-state index is -4.91. The Morgan fingerprint density at radius 2 is 1.52 bits per heavy atom. The van der Waals surface area contributed by atoms with Crippen LogP contribution in [0.2, 0.25) is 0 Å². The number of urea groups is 1. The SMILES string of the molecule is O=C(O)c1ccc(NC(=O)N(c2ccccc2)C(F)(F)F)cc1. The number of rotatable bonds is 3. The number of benzene rings is 2. The summed E-state index contributed by atoms with van der Waals surface area (Å²) < 4.78 is 39.3. The Morgan fingerprint density at radius 1 is 0.957 bits per heavy atom. The normalized spacial score (nSPS) is 10.9. The fraction of sp³-hybridized carbons (Fsp3) is 0.0667. The smallest absolute Gasteiger partial charge is 0.478 e. The summed E-state index contributed by atoms with van der Waals surface area (Å²) in [6, 6.07) is 9.97. The summed E-state index contributed by atoms with van der Waals surface area (Å²) in [7, 11) is 0. The van der Waals surface area contributed by atoms with Gasteiger partial charge in [0.05, 0.1) is 11.3 Å². The summed E-state index contributed by atoms with van der Waals surface area (Å²) >= 11 is 0. The molecule has 23 heavy (non-hydrogen) atoms. The number of alkyl halides is 3. The van der Waals surface area contributed by atoms with Crippen LogP contribution in [-0.4, -0.2) is 23.4 Å². The molecule has 0 aromatic heterocycles. The predicted octanol–water partition coefficient (Wildman–Crippen LogP) is 3.94. The van der Waals surface area contributed by atoms with Crippen LogP contribution < -0.4 is 10.2 Å². The van der Waals surface area contributed by atoms with Gasteiger partial charge in [-0.1, -0.05) is 18.2 Å². The number of halogens is 3. The molecular formula is C15H11F3N2O3. The Balaban J connectivity index is 2.23. The average Bonchev–Trinajstić information content (AvgIpc) is 2.47. The Kier molecular flexibility index (Phi) is 4.54. The zero-order valence-corrected chi connectivity index (χ0v) is 11.5. The Bertz CT molecular complexity index is 700. The molecule has 0 spiro atoms. The van der Waals surface area contributed by atoms with Crippen LogP contribution >= 0.6 is 0 Å². The number of amides is 2. The van der Waals surface area contributed by atoms with E-state index in [9.17, 15) is 22.8 Å². The Morgan fingerprint density at radius 3 is 2.00 bits per heavy atom. The van der Waals surface area contributed by atoms with Crippen molar-refractivity contribution in [1.29, 1.82) is 0 Å². The van der Waals surface area contributed by atoms with Crippen molar-refractivity contribution in [2.75, 3.05) is 10.2 Å². The number of carbonyl (C=O) groups excluding carboxylic acids is 1. The topological polar surface area (TPSA) is 69.6 Å². The highest BCUT2D eigenvalue weighted by Crippen LogP contribution is 2.29. The van der Waals surface area contributed by atoms with Gasteiger partial charge in [0.2, 0.25) is 0 Å². The second-order valence-corrected chi connectivity index (χ2v) is 4.45. The van der Waals surface area contributed by atoms with Crippen molar-refractivity contribution >= 4 is 23.4 Å². The van der Waals surface area contributed by atoms with E-state index < -0.39 is 18.3 Å². The molecule has 0 saturated carbocycles. The molecule has 0 heterocycles. The van der Waals surface area contributed by atoms with E-state index in [1.54, 1.807) is 0 Å². The summed E-state index contributed by atoms with van der Waals surface area (Å²) in [6.07, 6.45) is -4.91. The third-order valence-electron chi connectivity index (χ3n) is 2.85. The minimum Gasteiger partial charge on any atom is -0.478 e. The highest BCUT2D eigenvalue weighted by molar-refractivity contribution is 6.02. The lowest BCUT2D eigenvalue weighted by atomic mass is 10.2.